The highest BCUT2D eigenvalue weighted by molar-refractivity contribution is 5.27. The van der Waals surface area contributed by atoms with Crippen molar-refractivity contribution in [2.75, 3.05) is 13.1 Å². The number of nitrogens with two attached hydrogens (primary N) is 1. The van der Waals surface area contributed by atoms with Gasteiger partial charge in [0.05, 0.1) is 5.56 Å². The number of nitrogens with zero attached hydrogens (tertiary/aromatic N) is 1. The van der Waals surface area contributed by atoms with E-state index in [1.54, 1.807) is 0 Å². The zero-order valence-corrected chi connectivity index (χ0v) is 10.4. The summed E-state index contributed by atoms with van der Waals surface area (Å²) < 4.78 is 51.0. The Morgan fingerprint density at radius 1 is 1.32 bits per heavy atom. The Balaban J connectivity index is 2.17. The minimum Gasteiger partial charge on any atom is -0.329 e. The monoisotopic (exact) mass is 276 g/mol. The van der Waals surface area contributed by atoms with E-state index in [-0.39, 0.29) is 6.04 Å². The van der Waals surface area contributed by atoms with Crippen molar-refractivity contribution < 1.29 is 17.6 Å². The Labute approximate surface area is 109 Å². The fraction of sp³-hybridized carbons (Fsp3) is 0.538. The van der Waals surface area contributed by atoms with Crippen LogP contribution in [0.2, 0.25) is 0 Å². The van der Waals surface area contributed by atoms with Gasteiger partial charge in [0, 0.05) is 19.1 Å². The van der Waals surface area contributed by atoms with E-state index in [0.717, 1.165) is 31.5 Å². The van der Waals surface area contributed by atoms with Gasteiger partial charge in [0.1, 0.15) is 5.82 Å². The van der Waals surface area contributed by atoms with Crippen molar-refractivity contribution in [2.45, 2.75) is 31.6 Å². The first-order chi connectivity index (χ1) is 8.91. The van der Waals surface area contributed by atoms with Crippen LogP contribution in [0.25, 0.3) is 0 Å². The topological polar surface area (TPSA) is 29.3 Å². The molecule has 0 amide bonds. The number of hydrogen-bond donors (Lipinski definition) is 1. The first kappa shape index (κ1) is 14.3. The smallest absolute Gasteiger partial charge is 0.329 e. The van der Waals surface area contributed by atoms with Gasteiger partial charge in [0.25, 0.3) is 0 Å². The number of hydrogen-bond acceptors (Lipinski definition) is 2. The predicted molar refractivity (Wildman–Crippen MR) is 63.9 cm³/mol. The van der Waals surface area contributed by atoms with E-state index in [2.05, 4.69) is 0 Å². The van der Waals surface area contributed by atoms with Crippen LogP contribution in [-0.2, 0) is 12.7 Å². The first-order valence-corrected chi connectivity index (χ1v) is 6.21. The maximum atomic E-state index is 13.2. The number of rotatable bonds is 3. The summed E-state index contributed by atoms with van der Waals surface area (Å²) in [7, 11) is 0. The van der Waals surface area contributed by atoms with Crippen LogP contribution in [0, 0.1) is 5.82 Å². The van der Waals surface area contributed by atoms with Crippen molar-refractivity contribution in [3.63, 3.8) is 0 Å². The average Bonchev–Trinajstić information content (AvgIpc) is 2.77. The van der Waals surface area contributed by atoms with Crippen molar-refractivity contribution in [2.24, 2.45) is 5.73 Å². The van der Waals surface area contributed by atoms with Crippen LogP contribution < -0.4 is 5.73 Å². The lowest BCUT2D eigenvalue weighted by molar-refractivity contribution is -0.140. The quantitative estimate of drug-likeness (QED) is 0.860. The van der Waals surface area contributed by atoms with Crippen molar-refractivity contribution >= 4 is 0 Å². The molecule has 0 radical (unpaired) electrons. The summed E-state index contributed by atoms with van der Waals surface area (Å²) >= 11 is 0. The van der Waals surface area contributed by atoms with Crippen LogP contribution in [0.5, 0.6) is 0 Å². The van der Waals surface area contributed by atoms with Crippen LogP contribution in [-0.4, -0.2) is 24.0 Å². The molecule has 0 spiro atoms. The normalized spacial score (nSPS) is 21.0. The lowest BCUT2D eigenvalue weighted by atomic mass is 10.1. The van der Waals surface area contributed by atoms with Gasteiger partial charge in [-0.25, -0.2) is 4.39 Å². The molecule has 2 N–H and O–H groups in total. The molecule has 1 heterocycles. The molecule has 1 fully saturated rings. The Morgan fingerprint density at radius 3 is 2.68 bits per heavy atom. The molecule has 1 saturated heterocycles. The Bertz CT molecular complexity index is 445. The van der Waals surface area contributed by atoms with Crippen LogP contribution in [0.1, 0.15) is 24.0 Å². The molecule has 0 bridgehead atoms. The summed E-state index contributed by atoms with van der Waals surface area (Å²) in [5.41, 5.74) is 4.89. The molecular weight excluding hydrogens is 260 g/mol. The van der Waals surface area contributed by atoms with Crippen molar-refractivity contribution in [3.05, 3.63) is 35.1 Å². The Morgan fingerprint density at radius 2 is 2.05 bits per heavy atom. The number of alkyl halides is 3. The second-order valence-electron chi connectivity index (χ2n) is 4.81. The maximum absolute atomic E-state index is 13.2. The molecule has 1 aliphatic rings. The molecule has 2 nitrogen and oxygen atoms in total. The highest BCUT2D eigenvalue weighted by atomic mass is 19.4. The fourth-order valence-corrected chi connectivity index (χ4v) is 2.49. The highest BCUT2D eigenvalue weighted by Gasteiger charge is 2.34. The van der Waals surface area contributed by atoms with E-state index in [9.17, 15) is 17.6 Å². The summed E-state index contributed by atoms with van der Waals surface area (Å²) in [5, 5.41) is 0. The Hall–Kier alpha value is -1.14. The molecule has 1 aliphatic heterocycles. The second-order valence-corrected chi connectivity index (χ2v) is 4.81. The molecule has 1 atom stereocenters. The molecular formula is C13H16F4N2. The standard InChI is InChI=1S/C13H16F4N2/c14-12-4-3-9(6-11(12)13(15,16)17)8-19-5-1-2-10(19)7-18/h3-4,6,10H,1-2,5,7-8,18H2. The third-order valence-corrected chi connectivity index (χ3v) is 3.49. The zero-order chi connectivity index (χ0) is 14.0. The van der Waals surface area contributed by atoms with Gasteiger partial charge in [-0.2, -0.15) is 13.2 Å². The van der Waals surface area contributed by atoms with Crippen LogP contribution in [0.3, 0.4) is 0 Å². The van der Waals surface area contributed by atoms with Crippen LogP contribution >= 0.6 is 0 Å². The van der Waals surface area contributed by atoms with Crippen LogP contribution in [0.15, 0.2) is 18.2 Å². The number of likely N-dealkylation sites (tertiary alicyclic amines) is 1. The molecule has 0 aromatic heterocycles. The minimum atomic E-state index is -4.65. The second kappa shape index (κ2) is 5.46. The predicted octanol–water partition coefficient (Wildman–Crippen LogP) is 2.77. The summed E-state index contributed by atoms with van der Waals surface area (Å²) in [4.78, 5) is 2.05. The van der Waals surface area contributed by atoms with Crippen molar-refractivity contribution in [1.82, 2.24) is 4.90 Å². The molecule has 106 valence electrons. The maximum Gasteiger partial charge on any atom is 0.419 e. The summed E-state index contributed by atoms with van der Waals surface area (Å²) in [6.45, 7) is 1.69. The number of halogens is 4. The van der Waals surface area contributed by atoms with Gasteiger partial charge in [-0.3, -0.25) is 4.90 Å². The van der Waals surface area contributed by atoms with Gasteiger partial charge in [-0.1, -0.05) is 6.07 Å². The SMILES string of the molecule is NCC1CCCN1Cc1ccc(F)c(C(F)(F)F)c1. The largest absolute Gasteiger partial charge is 0.419 e. The van der Waals surface area contributed by atoms with E-state index in [1.807, 2.05) is 4.90 Å². The summed E-state index contributed by atoms with van der Waals surface area (Å²) in [6.07, 6.45) is -2.70. The molecule has 1 aromatic carbocycles. The van der Waals surface area contributed by atoms with E-state index < -0.39 is 17.6 Å². The Kier molecular flexibility index (Phi) is 4.10. The zero-order valence-electron chi connectivity index (χ0n) is 10.4. The van der Waals surface area contributed by atoms with E-state index in [1.165, 1.54) is 6.07 Å². The fourth-order valence-electron chi connectivity index (χ4n) is 2.49. The van der Waals surface area contributed by atoms with Crippen molar-refractivity contribution in [1.29, 1.82) is 0 Å². The average molecular weight is 276 g/mol. The lowest BCUT2D eigenvalue weighted by Crippen LogP contribution is -2.34. The molecule has 1 unspecified atom stereocenters. The summed E-state index contributed by atoms with van der Waals surface area (Å²) in [5.74, 6) is -1.23. The molecule has 19 heavy (non-hydrogen) atoms. The van der Waals surface area contributed by atoms with Crippen LogP contribution in [0.4, 0.5) is 17.6 Å². The van der Waals surface area contributed by atoms with Gasteiger partial charge in [-0.15, -0.1) is 0 Å². The van der Waals surface area contributed by atoms with Gasteiger partial charge in [0.15, 0.2) is 0 Å². The van der Waals surface area contributed by atoms with Gasteiger partial charge < -0.3 is 5.73 Å². The minimum absolute atomic E-state index is 0.208. The van der Waals surface area contributed by atoms with Gasteiger partial charge >= 0.3 is 6.18 Å². The molecule has 0 saturated carbocycles. The van der Waals surface area contributed by atoms with E-state index >= 15 is 0 Å². The number of benzene rings is 1. The first-order valence-electron chi connectivity index (χ1n) is 6.21. The van der Waals surface area contributed by atoms with Gasteiger partial charge in [0.2, 0.25) is 0 Å². The van der Waals surface area contributed by atoms with E-state index in [4.69, 9.17) is 5.73 Å². The van der Waals surface area contributed by atoms with E-state index in [0.29, 0.717) is 18.7 Å². The lowest BCUT2D eigenvalue weighted by Gasteiger charge is -2.23. The third-order valence-electron chi connectivity index (χ3n) is 3.49. The molecule has 1 aromatic rings. The summed E-state index contributed by atoms with van der Waals surface area (Å²) in [6, 6.07) is 3.38. The molecule has 2 rings (SSSR count). The third kappa shape index (κ3) is 3.25. The van der Waals surface area contributed by atoms with Gasteiger partial charge in [-0.05, 0) is 37.1 Å². The molecule has 0 aliphatic carbocycles. The molecule has 6 heteroatoms. The highest BCUT2D eigenvalue weighted by Crippen LogP contribution is 2.32. The van der Waals surface area contributed by atoms with Crippen molar-refractivity contribution in [3.8, 4) is 0 Å².